The SMILES string of the molecule is O=S1(=O)CCCN1c1cccc(C(O)C(O)CCS)c1. The van der Waals surface area contributed by atoms with Crippen molar-refractivity contribution in [3.63, 3.8) is 0 Å². The highest BCUT2D eigenvalue weighted by molar-refractivity contribution is 7.93. The third kappa shape index (κ3) is 3.28. The summed E-state index contributed by atoms with van der Waals surface area (Å²) >= 11 is 4.02. The molecule has 5 nitrogen and oxygen atoms in total. The second-order valence-corrected chi connectivity index (χ2v) is 7.32. The highest BCUT2D eigenvalue weighted by atomic mass is 32.2. The molecule has 112 valence electrons. The van der Waals surface area contributed by atoms with Crippen molar-refractivity contribution in [1.82, 2.24) is 0 Å². The van der Waals surface area contributed by atoms with Crippen LogP contribution in [0, 0.1) is 0 Å². The second kappa shape index (κ2) is 6.34. The molecule has 2 rings (SSSR count). The Labute approximate surface area is 124 Å². The molecule has 2 unspecified atom stereocenters. The van der Waals surface area contributed by atoms with E-state index >= 15 is 0 Å². The molecule has 1 aromatic rings. The molecule has 1 aromatic carbocycles. The molecular formula is C13H19NO4S2. The van der Waals surface area contributed by atoms with Gasteiger partial charge in [-0.1, -0.05) is 12.1 Å². The average Bonchev–Trinajstić information content (AvgIpc) is 2.78. The Hall–Kier alpha value is -0.760. The molecule has 20 heavy (non-hydrogen) atoms. The van der Waals surface area contributed by atoms with E-state index in [9.17, 15) is 18.6 Å². The molecule has 0 saturated carbocycles. The maximum atomic E-state index is 11.9. The van der Waals surface area contributed by atoms with Crippen LogP contribution in [0.3, 0.4) is 0 Å². The van der Waals surface area contributed by atoms with Gasteiger partial charge in [0.2, 0.25) is 10.0 Å². The summed E-state index contributed by atoms with van der Waals surface area (Å²) < 4.78 is 25.1. The molecule has 1 aliphatic rings. The van der Waals surface area contributed by atoms with E-state index in [2.05, 4.69) is 12.6 Å². The predicted octanol–water partition coefficient (Wildman–Crippen LogP) is 0.941. The first kappa shape index (κ1) is 15.6. The molecule has 2 atom stereocenters. The Morgan fingerprint density at radius 2 is 2.10 bits per heavy atom. The Balaban J connectivity index is 2.24. The molecular weight excluding hydrogens is 298 g/mol. The molecule has 7 heteroatoms. The van der Waals surface area contributed by atoms with Crippen molar-refractivity contribution >= 4 is 28.3 Å². The summed E-state index contributed by atoms with van der Waals surface area (Å²) in [4.78, 5) is 0. The molecule has 1 fully saturated rings. The fraction of sp³-hybridized carbons (Fsp3) is 0.538. The van der Waals surface area contributed by atoms with Crippen molar-refractivity contribution in [3.8, 4) is 0 Å². The molecule has 0 amide bonds. The molecule has 1 heterocycles. The van der Waals surface area contributed by atoms with Gasteiger partial charge in [0.1, 0.15) is 6.10 Å². The van der Waals surface area contributed by atoms with Gasteiger partial charge in [-0.2, -0.15) is 12.6 Å². The monoisotopic (exact) mass is 317 g/mol. The number of nitrogens with zero attached hydrogens (tertiary/aromatic N) is 1. The lowest BCUT2D eigenvalue weighted by Crippen LogP contribution is -2.25. The van der Waals surface area contributed by atoms with Crippen LogP contribution < -0.4 is 4.31 Å². The first-order valence-corrected chi connectivity index (χ1v) is 8.77. The van der Waals surface area contributed by atoms with Crippen molar-refractivity contribution in [1.29, 1.82) is 0 Å². The normalized spacial score (nSPS) is 20.9. The number of anilines is 1. The number of benzene rings is 1. The molecule has 2 N–H and O–H groups in total. The first-order valence-electron chi connectivity index (χ1n) is 6.53. The fourth-order valence-electron chi connectivity index (χ4n) is 2.31. The van der Waals surface area contributed by atoms with Crippen LogP contribution in [0.1, 0.15) is 24.5 Å². The average molecular weight is 317 g/mol. The summed E-state index contributed by atoms with van der Waals surface area (Å²) in [5, 5.41) is 19.9. The van der Waals surface area contributed by atoms with Gasteiger partial charge in [-0.15, -0.1) is 0 Å². The first-order chi connectivity index (χ1) is 9.45. The highest BCUT2D eigenvalue weighted by Gasteiger charge is 2.29. The van der Waals surface area contributed by atoms with Gasteiger partial charge in [0, 0.05) is 6.54 Å². The number of hydrogen-bond donors (Lipinski definition) is 3. The van der Waals surface area contributed by atoms with Crippen LogP contribution in [0.25, 0.3) is 0 Å². The number of thiol groups is 1. The maximum absolute atomic E-state index is 11.9. The standard InChI is InChI=1S/C13H19NO4S2/c15-12(5-7-19)13(16)10-3-1-4-11(9-10)14-6-2-8-20(14,17)18/h1,3-4,9,12-13,15-16,19H,2,5-8H2. The van der Waals surface area contributed by atoms with Crippen LogP contribution >= 0.6 is 12.6 Å². The quantitative estimate of drug-likeness (QED) is 0.706. The minimum absolute atomic E-state index is 0.155. The Bertz CT molecular complexity index is 561. The van der Waals surface area contributed by atoms with Gasteiger partial charge >= 0.3 is 0 Å². The third-order valence-electron chi connectivity index (χ3n) is 3.39. The third-order valence-corrected chi connectivity index (χ3v) is 5.52. The smallest absolute Gasteiger partial charge is 0.235 e. The Morgan fingerprint density at radius 3 is 2.70 bits per heavy atom. The van der Waals surface area contributed by atoms with E-state index in [1.54, 1.807) is 24.3 Å². The van der Waals surface area contributed by atoms with Crippen LogP contribution in [-0.4, -0.2) is 42.8 Å². The van der Waals surface area contributed by atoms with Crippen molar-refractivity contribution in [2.24, 2.45) is 0 Å². The largest absolute Gasteiger partial charge is 0.390 e. The lowest BCUT2D eigenvalue weighted by Gasteiger charge is -2.21. The van der Waals surface area contributed by atoms with E-state index in [1.165, 1.54) is 4.31 Å². The topological polar surface area (TPSA) is 77.8 Å². The van der Waals surface area contributed by atoms with E-state index in [-0.39, 0.29) is 5.75 Å². The van der Waals surface area contributed by atoms with Crippen LogP contribution in [0.15, 0.2) is 24.3 Å². The van der Waals surface area contributed by atoms with Crippen molar-refractivity contribution in [2.45, 2.75) is 25.0 Å². The van der Waals surface area contributed by atoms with Crippen LogP contribution in [0.5, 0.6) is 0 Å². The van der Waals surface area contributed by atoms with Crippen molar-refractivity contribution < 1.29 is 18.6 Å². The van der Waals surface area contributed by atoms with Gasteiger partial charge in [0.15, 0.2) is 0 Å². The summed E-state index contributed by atoms with van der Waals surface area (Å²) in [5.74, 6) is 0.625. The lowest BCUT2D eigenvalue weighted by molar-refractivity contribution is 0.0173. The summed E-state index contributed by atoms with van der Waals surface area (Å²) in [6.07, 6.45) is -0.959. The Morgan fingerprint density at radius 1 is 1.35 bits per heavy atom. The summed E-state index contributed by atoms with van der Waals surface area (Å²) in [6.45, 7) is 0.459. The lowest BCUT2D eigenvalue weighted by atomic mass is 10.0. The van der Waals surface area contributed by atoms with Gasteiger partial charge in [-0.05, 0) is 36.3 Å². The zero-order valence-corrected chi connectivity index (χ0v) is 12.7. The second-order valence-electron chi connectivity index (χ2n) is 4.86. The molecule has 0 aromatic heterocycles. The minimum Gasteiger partial charge on any atom is -0.390 e. The van der Waals surface area contributed by atoms with Crippen molar-refractivity contribution in [3.05, 3.63) is 29.8 Å². The maximum Gasteiger partial charge on any atom is 0.235 e. The summed E-state index contributed by atoms with van der Waals surface area (Å²) in [7, 11) is -3.24. The minimum atomic E-state index is -3.24. The predicted molar refractivity (Wildman–Crippen MR) is 81.6 cm³/mol. The number of hydrogen-bond acceptors (Lipinski definition) is 5. The number of rotatable bonds is 5. The van der Waals surface area contributed by atoms with Crippen LogP contribution in [0.4, 0.5) is 5.69 Å². The van der Waals surface area contributed by atoms with E-state index in [1.807, 2.05) is 0 Å². The van der Waals surface area contributed by atoms with Crippen LogP contribution in [0.2, 0.25) is 0 Å². The zero-order valence-electron chi connectivity index (χ0n) is 11.0. The molecule has 0 radical (unpaired) electrons. The van der Waals surface area contributed by atoms with E-state index in [0.717, 1.165) is 0 Å². The molecule has 1 aliphatic heterocycles. The van der Waals surface area contributed by atoms with E-state index < -0.39 is 22.2 Å². The van der Waals surface area contributed by atoms with Crippen LogP contribution in [-0.2, 0) is 10.0 Å². The van der Waals surface area contributed by atoms with Gasteiger partial charge in [-0.3, -0.25) is 4.31 Å². The molecule has 0 bridgehead atoms. The summed E-state index contributed by atoms with van der Waals surface area (Å²) in [6, 6.07) is 6.69. The van der Waals surface area contributed by atoms with Crippen molar-refractivity contribution in [2.75, 3.05) is 22.4 Å². The van der Waals surface area contributed by atoms with E-state index in [0.29, 0.717) is 36.4 Å². The molecule has 1 saturated heterocycles. The van der Waals surface area contributed by atoms with Gasteiger partial charge in [0.25, 0.3) is 0 Å². The molecule has 0 spiro atoms. The number of aliphatic hydroxyl groups is 2. The zero-order chi connectivity index (χ0) is 14.8. The van der Waals surface area contributed by atoms with Gasteiger partial charge < -0.3 is 10.2 Å². The van der Waals surface area contributed by atoms with E-state index in [4.69, 9.17) is 0 Å². The number of aliphatic hydroxyl groups excluding tert-OH is 2. The van der Waals surface area contributed by atoms with Gasteiger partial charge in [-0.25, -0.2) is 8.42 Å². The fourth-order valence-corrected chi connectivity index (χ4v) is 4.13. The highest BCUT2D eigenvalue weighted by Crippen LogP contribution is 2.28. The Kier molecular flexibility index (Phi) is 4.95. The molecule has 0 aliphatic carbocycles. The number of sulfonamides is 1. The summed E-state index contributed by atoms with van der Waals surface area (Å²) in [5.41, 5.74) is 1.05. The van der Waals surface area contributed by atoms with Gasteiger partial charge in [0.05, 0.1) is 17.5 Å².